The summed E-state index contributed by atoms with van der Waals surface area (Å²) >= 11 is 0. The molecule has 1 aromatic heterocycles. The molecule has 0 bridgehead atoms. The van der Waals surface area contributed by atoms with Crippen LogP contribution in [0.1, 0.15) is 12.8 Å². The van der Waals surface area contributed by atoms with Crippen LogP contribution in [0.25, 0.3) is 0 Å². The zero-order valence-corrected chi connectivity index (χ0v) is 9.49. The van der Waals surface area contributed by atoms with Gasteiger partial charge in [0.2, 0.25) is 5.95 Å². The maximum absolute atomic E-state index is 12.6. The van der Waals surface area contributed by atoms with Crippen molar-refractivity contribution < 1.29 is 4.39 Å². The zero-order valence-electron chi connectivity index (χ0n) is 9.49. The fourth-order valence-electron chi connectivity index (χ4n) is 1.91. The molecule has 4 nitrogen and oxygen atoms in total. The van der Waals surface area contributed by atoms with Crippen LogP contribution in [0.5, 0.6) is 0 Å². The molecule has 0 aliphatic carbocycles. The van der Waals surface area contributed by atoms with Crippen LogP contribution in [0.4, 0.5) is 10.3 Å². The Bertz CT molecular complexity index is 319. The molecule has 0 unspecified atom stereocenters. The van der Waals surface area contributed by atoms with Crippen LogP contribution in [-0.2, 0) is 0 Å². The first kappa shape index (κ1) is 11.3. The molecule has 1 fully saturated rings. The second kappa shape index (κ2) is 5.21. The van der Waals surface area contributed by atoms with E-state index in [1.165, 1.54) is 25.2 Å². The van der Waals surface area contributed by atoms with Crippen LogP contribution in [0.3, 0.4) is 0 Å². The van der Waals surface area contributed by atoms with Gasteiger partial charge in [-0.3, -0.25) is 0 Å². The first-order valence-corrected chi connectivity index (χ1v) is 5.64. The Hall–Kier alpha value is -1.23. The normalized spacial score (nSPS) is 18.6. The second-order valence-electron chi connectivity index (χ2n) is 4.35. The molecule has 0 spiro atoms. The lowest BCUT2D eigenvalue weighted by Gasteiger charge is -2.28. The first-order chi connectivity index (χ1) is 7.74. The highest BCUT2D eigenvalue weighted by atomic mass is 19.1. The van der Waals surface area contributed by atoms with Gasteiger partial charge in [-0.2, -0.15) is 0 Å². The van der Waals surface area contributed by atoms with E-state index in [0.717, 1.165) is 19.6 Å². The van der Waals surface area contributed by atoms with E-state index in [1.54, 1.807) is 0 Å². The lowest BCUT2D eigenvalue weighted by Crippen LogP contribution is -2.33. The molecule has 0 aromatic carbocycles. The Morgan fingerprint density at radius 3 is 2.62 bits per heavy atom. The Labute approximate surface area is 94.9 Å². The molecule has 1 aliphatic rings. The van der Waals surface area contributed by atoms with Gasteiger partial charge in [-0.15, -0.1) is 0 Å². The summed E-state index contributed by atoms with van der Waals surface area (Å²) in [4.78, 5) is 10.1. The van der Waals surface area contributed by atoms with E-state index in [9.17, 15) is 4.39 Å². The minimum atomic E-state index is -0.398. The molecular weight excluding hydrogens is 207 g/mol. The SMILES string of the molecule is CN1CCC(CNc2ncc(F)cn2)CC1. The van der Waals surface area contributed by atoms with Crippen molar-refractivity contribution in [2.45, 2.75) is 12.8 Å². The summed E-state index contributed by atoms with van der Waals surface area (Å²) in [5.41, 5.74) is 0. The van der Waals surface area contributed by atoms with Gasteiger partial charge >= 0.3 is 0 Å². The second-order valence-corrected chi connectivity index (χ2v) is 4.35. The molecule has 0 atom stereocenters. The van der Waals surface area contributed by atoms with E-state index in [0.29, 0.717) is 11.9 Å². The molecular formula is C11H17FN4. The number of halogens is 1. The summed E-state index contributed by atoms with van der Waals surface area (Å²) in [5, 5.41) is 3.15. The molecule has 1 N–H and O–H groups in total. The van der Waals surface area contributed by atoms with Crippen molar-refractivity contribution in [3.05, 3.63) is 18.2 Å². The number of likely N-dealkylation sites (tertiary alicyclic amines) is 1. The minimum Gasteiger partial charge on any atom is -0.354 e. The Kier molecular flexibility index (Phi) is 3.66. The fraction of sp³-hybridized carbons (Fsp3) is 0.636. The van der Waals surface area contributed by atoms with Gasteiger partial charge in [-0.05, 0) is 38.9 Å². The number of nitrogens with one attached hydrogen (secondary N) is 1. The van der Waals surface area contributed by atoms with Crippen LogP contribution in [0.2, 0.25) is 0 Å². The minimum absolute atomic E-state index is 0.398. The lowest BCUT2D eigenvalue weighted by molar-refractivity contribution is 0.226. The maximum Gasteiger partial charge on any atom is 0.222 e. The zero-order chi connectivity index (χ0) is 11.4. The largest absolute Gasteiger partial charge is 0.354 e. The molecule has 1 aromatic rings. The van der Waals surface area contributed by atoms with Gasteiger partial charge in [0.05, 0.1) is 12.4 Å². The van der Waals surface area contributed by atoms with Crippen molar-refractivity contribution in [2.75, 3.05) is 32.0 Å². The quantitative estimate of drug-likeness (QED) is 0.842. The van der Waals surface area contributed by atoms with Gasteiger partial charge in [-0.1, -0.05) is 0 Å². The van der Waals surface area contributed by atoms with Gasteiger partial charge in [-0.25, -0.2) is 14.4 Å². The van der Waals surface area contributed by atoms with E-state index >= 15 is 0 Å². The maximum atomic E-state index is 12.6. The first-order valence-electron chi connectivity index (χ1n) is 5.64. The van der Waals surface area contributed by atoms with Crippen molar-refractivity contribution in [2.24, 2.45) is 5.92 Å². The molecule has 0 amide bonds. The van der Waals surface area contributed by atoms with E-state index in [-0.39, 0.29) is 0 Å². The average molecular weight is 224 g/mol. The Morgan fingerprint density at radius 2 is 2.00 bits per heavy atom. The van der Waals surface area contributed by atoms with Crippen LogP contribution in [0.15, 0.2) is 12.4 Å². The summed E-state index contributed by atoms with van der Waals surface area (Å²) in [7, 11) is 2.15. The molecule has 0 radical (unpaired) electrons. The number of nitrogens with zero attached hydrogens (tertiary/aromatic N) is 3. The molecule has 88 valence electrons. The number of piperidine rings is 1. The van der Waals surface area contributed by atoms with E-state index in [1.807, 2.05) is 0 Å². The molecule has 16 heavy (non-hydrogen) atoms. The van der Waals surface area contributed by atoms with E-state index in [2.05, 4.69) is 27.2 Å². The third kappa shape index (κ3) is 3.13. The number of anilines is 1. The number of rotatable bonds is 3. The predicted molar refractivity (Wildman–Crippen MR) is 60.7 cm³/mol. The van der Waals surface area contributed by atoms with Crippen molar-refractivity contribution in [3.8, 4) is 0 Å². The van der Waals surface area contributed by atoms with Crippen molar-refractivity contribution in [1.82, 2.24) is 14.9 Å². The number of hydrogen-bond donors (Lipinski definition) is 1. The molecule has 1 aliphatic heterocycles. The monoisotopic (exact) mass is 224 g/mol. The molecule has 0 saturated carbocycles. The van der Waals surface area contributed by atoms with E-state index in [4.69, 9.17) is 0 Å². The standard InChI is InChI=1S/C11H17FN4/c1-16-4-2-9(3-5-16)6-13-11-14-7-10(12)8-15-11/h7-9H,2-6H2,1H3,(H,13,14,15). The highest BCUT2D eigenvalue weighted by Crippen LogP contribution is 2.15. The average Bonchev–Trinajstić information content (AvgIpc) is 2.30. The fourth-order valence-corrected chi connectivity index (χ4v) is 1.91. The van der Waals surface area contributed by atoms with Crippen LogP contribution >= 0.6 is 0 Å². The molecule has 2 rings (SSSR count). The van der Waals surface area contributed by atoms with Gasteiger partial charge in [0, 0.05) is 6.54 Å². The summed E-state index contributed by atoms with van der Waals surface area (Å²) < 4.78 is 12.6. The smallest absolute Gasteiger partial charge is 0.222 e. The number of hydrogen-bond acceptors (Lipinski definition) is 4. The topological polar surface area (TPSA) is 41.0 Å². The van der Waals surface area contributed by atoms with Crippen molar-refractivity contribution in [3.63, 3.8) is 0 Å². The summed E-state index contributed by atoms with van der Waals surface area (Å²) in [6, 6.07) is 0. The Morgan fingerprint density at radius 1 is 1.38 bits per heavy atom. The summed E-state index contributed by atoms with van der Waals surface area (Å²) in [6.45, 7) is 3.17. The predicted octanol–water partition coefficient (Wildman–Crippen LogP) is 1.37. The van der Waals surface area contributed by atoms with Crippen molar-refractivity contribution in [1.29, 1.82) is 0 Å². The van der Waals surface area contributed by atoms with Gasteiger partial charge < -0.3 is 10.2 Å². The highest BCUT2D eigenvalue weighted by Gasteiger charge is 2.16. The van der Waals surface area contributed by atoms with Crippen LogP contribution < -0.4 is 5.32 Å². The van der Waals surface area contributed by atoms with Crippen molar-refractivity contribution >= 4 is 5.95 Å². The van der Waals surface area contributed by atoms with Crippen LogP contribution in [0, 0.1) is 11.7 Å². The lowest BCUT2D eigenvalue weighted by atomic mass is 9.97. The van der Waals surface area contributed by atoms with Gasteiger partial charge in [0.15, 0.2) is 5.82 Å². The number of aromatic nitrogens is 2. The summed E-state index contributed by atoms with van der Waals surface area (Å²) in [6.07, 6.45) is 4.77. The third-order valence-corrected chi connectivity index (χ3v) is 3.01. The van der Waals surface area contributed by atoms with Gasteiger partial charge in [0.1, 0.15) is 0 Å². The highest BCUT2D eigenvalue weighted by molar-refractivity contribution is 5.22. The van der Waals surface area contributed by atoms with E-state index < -0.39 is 5.82 Å². The summed E-state index contributed by atoms with van der Waals surface area (Å²) in [5.74, 6) is 0.787. The van der Waals surface area contributed by atoms with Gasteiger partial charge in [0.25, 0.3) is 0 Å². The third-order valence-electron chi connectivity index (χ3n) is 3.01. The Balaban J connectivity index is 1.77. The molecule has 2 heterocycles. The van der Waals surface area contributed by atoms with Crippen LogP contribution in [-0.4, -0.2) is 41.5 Å². The molecule has 1 saturated heterocycles. The molecule has 5 heteroatoms.